The Morgan fingerprint density at radius 2 is 2.26 bits per heavy atom. The topological polar surface area (TPSA) is 67.2 Å². The Labute approximate surface area is 140 Å². The zero-order valence-electron chi connectivity index (χ0n) is 13.3. The van der Waals surface area contributed by atoms with Gasteiger partial charge in [0.05, 0.1) is 6.20 Å². The molecule has 1 saturated carbocycles. The molecule has 1 heterocycles. The van der Waals surface area contributed by atoms with Crippen molar-refractivity contribution in [2.24, 2.45) is 0 Å². The van der Waals surface area contributed by atoms with Crippen LogP contribution in [0.25, 0.3) is 11.5 Å². The van der Waals surface area contributed by atoms with Crippen molar-refractivity contribution in [3.63, 3.8) is 0 Å². The van der Waals surface area contributed by atoms with Crippen molar-refractivity contribution in [2.45, 2.75) is 37.5 Å². The third-order valence-corrected chi connectivity index (χ3v) is 5.14. The summed E-state index contributed by atoms with van der Waals surface area (Å²) in [4.78, 5) is 16.4. The van der Waals surface area contributed by atoms with Crippen LogP contribution >= 0.6 is 11.8 Å². The number of anilines is 1. The number of oxazole rings is 1. The highest BCUT2D eigenvalue weighted by Crippen LogP contribution is 2.28. The number of carbonyl (C=O) groups is 1. The molecule has 1 aliphatic carbocycles. The van der Waals surface area contributed by atoms with Gasteiger partial charge >= 0.3 is 6.03 Å². The van der Waals surface area contributed by atoms with Gasteiger partial charge in [0.1, 0.15) is 5.76 Å². The van der Waals surface area contributed by atoms with E-state index in [0.29, 0.717) is 11.1 Å². The molecule has 2 amide bonds. The summed E-state index contributed by atoms with van der Waals surface area (Å²) in [6, 6.07) is 7.63. The smallest absolute Gasteiger partial charge is 0.319 e. The van der Waals surface area contributed by atoms with Crippen molar-refractivity contribution >= 4 is 23.5 Å². The molecule has 2 N–H and O–H groups in total. The summed E-state index contributed by atoms with van der Waals surface area (Å²) in [7, 11) is 0. The van der Waals surface area contributed by atoms with Crippen LogP contribution in [0.5, 0.6) is 0 Å². The second-order valence-corrected chi connectivity index (χ2v) is 6.96. The number of amides is 2. The maximum absolute atomic E-state index is 12.1. The van der Waals surface area contributed by atoms with Gasteiger partial charge in [-0.1, -0.05) is 6.07 Å². The van der Waals surface area contributed by atoms with E-state index in [0.717, 1.165) is 29.9 Å². The number of thioether (sulfide) groups is 1. The molecule has 0 spiro atoms. The summed E-state index contributed by atoms with van der Waals surface area (Å²) in [5, 5.41) is 6.61. The minimum atomic E-state index is -0.155. The quantitative estimate of drug-likeness (QED) is 0.887. The second-order valence-electron chi connectivity index (χ2n) is 5.82. The van der Waals surface area contributed by atoms with Gasteiger partial charge in [0.15, 0.2) is 0 Å². The van der Waals surface area contributed by atoms with E-state index < -0.39 is 0 Å². The summed E-state index contributed by atoms with van der Waals surface area (Å²) in [6.45, 7) is 1.86. The maximum Gasteiger partial charge on any atom is 0.319 e. The van der Waals surface area contributed by atoms with Crippen molar-refractivity contribution in [1.82, 2.24) is 10.3 Å². The Bertz CT molecular complexity index is 686. The SMILES string of the molecule is CSC1CCC(NC(=O)Nc2cccc(-c3ncc(C)o3)c2)C1. The van der Waals surface area contributed by atoms with E-state index in [-0.39, 0.29) is 12.1 Å². The fraction of sp³-hybridized carbons (Fsp3) is 0.412. The van der Waals surface area contributed by atoms with E-state index in [9.17, 15) is 4.79 Å². The van der Waals surface area contributed by atoms with Gasteiger partial charge in [-0.3, -0.25) is 0 Å². The molecule has 1 aromatic carbocycles. The predicted octanol–water partition coefficient (Wildman–Crippen LogP) is 4.06. The molecule has 0 bridgehead atoms. The maximum atomic E-state index is 12.1. The molecule has 0 aliphatic heterocycles. The van der Waals surface area contributed by atoms with Gasteiger partial charge < -0.3 is 15.1 Å². The van der Waals surface area contributed by atoms with Crippen LogP contribution in [-0.2, 0) is 0 Å². The van der Waals surface area contributed by atoms with Gasteiger partial charge in [0.2, 0.25) is 5.89 Å². The summed E-state index contributed by atoms with van der Waals surface area (Å²) in [5.74, 6) is 1.32. The number of carbonyl (C=O) groups excluding carboxylic acids is 1. The van der Waals surface area contributed by atoms with E-state index in [2.05, 4.69) is 21.9 Å². The molecule has 1 aliphatic rings. The molecule has 23 heavy (non-hydrogen) atoms. The lowest BCUT2D eigenvalue weighted by atomic mass is 10.2. The molecule has 6 heteroatoms. The lowest BCUT2D eigenvalue weighted by Crippen LogP contribution is -2.36. The Balaban J connectivity index is 1.60. The van der Waals surface area contributed by atoms with Crippen molar-refractivity contribution in [3.8, 4) is 11.5 Å². The fourth-order valence-electron chi connectivity index (χ4n) is 2.86. The van der Waals surface area contributed by atoms with Crippen LogP contribution in [0.1, 0.15) is 25.0 Å². The molecular weight excluding hydrogens is 310 g/mol. The zero-order valence-corrected chi connectivity index (χ0v) is 14.2. The summed E-state index contributed by atoms with van der Waals surface area (Å²) >= 11 is 1.88. The molecule has 1 aromatic heterocycles. The highest BCUT2D eigenvalue weighted by atomic mass is 32.2. The molecule has 0 radical (unpaired) electrons. The lowest BCUT2D eigenvalue weighted by molar-refractivity contribution is 0.248. The molecule has 122 valence electrons. The van der Waals surface area contributed by atoms with Crippen molar-refractivity contribution in [1.29, 1.82) is 0 Å². The van der Waals surface area contributed by atoms with Crippen LogP contribution in [0.4, 0.5) is 10.5 Å². The first-order valence-corrected chi connectivity index (χ1v) is 9.06. The van der Waals surface area contributed by atoms with Gasteiger partial charge in [-0.2, -0.15) is 11.8 Å². The molecular formula is C17H21N3O2S. The number of nitrogens with one attached hydrogen (secondary N) is 2. The number of benzene rings is 1. The number of rotatable bonds is 4. The van der Waals surface area contributed by atoms with Gasteiger partial charge in [-0.25, -0.2) is 9.78 Å². The highest BCUT2D eigenvalue weighted by molar-refractivity contribution is 7.99. The summed E-state index contributed by atoms with van der Waals surface area (Å²) in [5.41, 5.74) is 1.58. The van der Waals surface area contributed by atoms with Crippen molar-refractivity contribution < 1.29 is 9.21 Å². The van der Waals surface area contributed by atoms with Gasteiger partial charge in [-0.05, 0) is 50.6 Å². The van der Waals surface area contributed by atoms with Crippen molar-refractivity contribution in [3.05, 3.63) is 36.2 Å². The predicted molar refractivity (Wildman–Crippen MR) is 93.8 cm³/mol. The van der Waals surface area contributed by atoms with Crippen molar-refractivity contribution in [2.75, 3.05) is 11.6 Å². The lowest BCUT2D eigenvalue weighted by Gasteiger charge is -2.14. The average Bonchev–Trinajstić information content (AvgIpc) is 3.16. The third kappa shape index (κ3) is 4.07. The van der Waals surface area contributed by atoms with E-state index in [4.69, 9.17) is 4.42 Å². The Morgan fingerprint density at radius 1 is 1.39 bits per heavy atom. The van der Waals surface area contributed by atoms with Crippen LogP contribution in [0.2, 0.25) is 0 Å². The van der Waals surface area contributed by atoms with Crippen LogP contribution in [0, 0.1) is 6.92 Å². The summed E-state index contributed by atoms with van der Waals surface area (Å²) in [6.07, 6.45) is 7.08. The standard InChI is InChI=1S/C17H21N3O2S/c1-11-10-18-16(22-11)12-4-3-5-13(8-12)19-17(21)20-14-6-7-15(9-14)23-2/h3-5,8,10,14-15H,6-7,9H2,1-2H3,(H2,19,20,21). The number of nitrogens with zero attached hydrogens (tertiary/aromatic N) is 1. The van der Waals surface area contributed by atoms with E-state index >= 15 is 0 Å². The van der Waals surface area contributed by atoms with Crippen LogP contribution in [0.15, 0.2) is 34.9 Å². The van der Waals surface area contributed by atoms with Gasteiger partial charge in [-0.15, -0.1) is 0 Å². The fourth-order valence-corrected chi connectivity index (χ4v) is 3.65. The van der Waals surface area contributed by atoms with E-state index in [1.807, 2.05) is 43.0 Å². The van der Waals surface area contributed by atoms with Gasteiger partial charge in [0.25, 0.3) is 0 Å². The number of hydrogen-bond donors (Lipinski definition) is 2. The minimum absolute atomic E-state index is 0.155. The Morgan fingerprint density at radius 3 is 2.96 bits per heavy atom. The molecule has 0 saturated heterocycles. The largest absolute Gasteiger partial charge is 0.441 e. The number of urea groups is 1. The molecule has 2 atom stereocenters. The zero-order chi connectivity index (χ0) is 16.2. The van der Waals surface area contributed by atoms with E-state index in [1.54, 1.807) is 6.20 Å². The first kappa shape index (κ1) is 15.9. The number of aromatic nitrogens is 1. The van der Waals surface area contributed by atoms with Crippen LogP contribution in [0.3, 0.4) is 0 Å². The van der Waals surface area contributed by atoms with Crippen LogP contribution in [-0.4, -0.2) is 28.6 Å². The second kappa shape index (κ2) is 7.08. The Kier molecular flexibility index (Phi) is 4.91. The van der Waals surface area contributed by atoms with Crippen LogP contribution < -0.4 is 10.6 Å². The monoisotopic (exact) mass is 331 g/mol. The molecule has 3 rings (SSSR count). The molecule has 5 nitrogen and oxygen atoms in total. The Hall–Kier alpha value is -1.95. The molecule has 1 fully saturated rings. The van der Waals surface area contributed by atoms with E-state index in [1.165, 1.54) is 6.42 Å². The minimum Gasteiger partial charge on any atom is -0.441 e. The number of hydrogen-bond acceptors (Lipinski definition) is 4. The first-order chi connectivity index (χ1) is 11.1. The first-order valence-electron chi connectivity index (χ1n) is 7.77. The average molecular weight is 331 g/mol. The molecule has 2 unspecified atom stereocenters. The highest BCUT2D eigenvalue weighted by Gasteiger charge is 2.25. The van der Waals surface area contributed by atoms with Gasteiger partial charge in [0, 0.05) is 22.5 Å². The molecule has 2 aromatic rings. The number of aryl methyl sites for hydroxylation is 1. The summed E-state index contributed by atoms with van der Waals surface area (Å²) < 4.78 is 5.52. The normalized spacial score (nSPS) is 20.4. The third-order valence-electron chi connectivity index (χ3n) is 4.04.